The number of carbonyl (C=O) groups is 1. The number of carbonyl (C=O) groups excluding carboxylic acids is 1. The molecule has 4 unspecified atom stereocenters. The third-order valence-electron chi connectivity index (χ3n) is 7.86. The van der Waals surface area contributed by atoms with E-state index in [0.29, 0.717) is 40.5 Å². The van der Waals surface area contributed by atoms with Gasteiger partial charge in [-0.25, -0.2) is 0 Å². The molecule has 0 amide bonds. The van der Waals surface area contributed by atoms with E-state index in [2.05, 4.69) is 6.07 Å². The number of hydrogen-bond donors (Lipinski definition) is 0. The van der Waals surface area contributed by atoms with Gasteiger partial charge in [0, 0.05) is 23.8 Å². The van der Waals surface area contributed by atoms with Crippen molar-refractivity contribution in [3.8, 4) is 40.6 Å². The summed E-state index contributed by atoms with van der Waals surface area (Å²) in [6, 6.07) is 7.85. The lowest BCUT2D eigenvalue weighted by atomic mass is 9.67. The van der Waals surface area contributed by atoms with E-state index in [1.807, 2.05) is 13.8 Å². The summed E-state index contributed by atoms with van der Waals surface area (Å²) in [6.07, 6.45) is -0.499. The first-order chi connectivity index (χ1) is 20.5. The van der Waals surface area contributed by atoms with Gasteiger partial charge in [-0.3, -0.25) is 14.9 Å². The number of benzene rings is 2. The highest BCUT2D eigenvalue weighted by molar-refractivity contribution is 5.66. The standard InChI is InChI=1S/C31H42N2O10/c1-10-19(2)31(18-32,22-17-27(39-6)29(41-8)30(42-9)28(22)40-7)14-13-24(43-20(3)34)23(33(35)36)15-21-11-12-25(37-4)26(16-21)38-5/h11-12,16-17,19,23-24H,10,13-15H2,1-9H3. The van der Waals surface area contributed by atoms with Crippen LogP contribution in [-0.4, -0.2) is 65.7 Å². The summed E-state index contributed by atoms with van der Waals surface area (Å²) >= 11 is 0. The van der Waals surface area contributed by atoms with E-state index in [-0.39, 0.29) is 36.7 Å². The van der Waals surface area contributed by atoms with Gasteiger partial charge in [-0.2, -0.15) is 5.26 Å². The second kappa shape index (κ2) is 15.7. The highest BCUT2D eigenvalue weighted by Gasteiger charge is 2.45. The Morgan fingerprint density at radius 2 is 1.53 bits per heavy atom. The summed E-state index contributed by atoms with van der Waals surface area (Å²) in [5.74, 6) is 1.12. The molecule has 236 valence electrons. The number of nitro groups is 1. The molecular weight excluding hydrogens is 560 g/mol. The van der Waals surface area contributed by atoms with Gasteiger partial charge in [0.15, 0.2) is 29.1 Å². The molecule has 0 fully saturated rings. The number of rotatable bonds is 17. The molecule has 12 nitrogen and oxygen atoms in total. The molecule has 12 heteroatoms. The van der Waals surface area contributed by atoms with Crippen molar-refractivity contribution < 1.29 is 42.9 Å². The van der Waals surface area contributed by atoms with Crippen molar-refractivity contribution in [2.45, 2.75) is 64.0 Å². The topological polar surface area (TPSA) is 149 Å². The molecule has 43 heavy (non-hydrogen) atoms. The molecule has 4 atom stereocenters. The van der Waals surface area contributed by atoms with Gasteiger partial charge in [-0.1, -0.05) is 26.3 Å². The molecule has 0 saturated heterocycles. The monoisotopic (exact) mass is 602 g/mol. The maximum absolute atomic E-state index is 12.4. The average molecular weight is 603 g/mol. The molecule has 0 aromatic heterocycles. The van der Waals surface area contributed by atoms with Gasteiger partial charge in [0.05, 0.1) is 54.1 Å². The van der Waals surface area contributed by atoms with Crippen molar-refractivity contribution in [3.05, 3.63) is 45.5 Å². The van der Waals surface area contributed by atoms with Crippen molar-refractivity contribution in [1.82, 2.24) is 0 Å². The van der Waals surface area contributed by atoms with Crippen molar-refractivity contribution in [3.63, 3.8) is 0 Å². The zero-order valence-corrected chi connectivity index (χ0v) is 26.3. The zero-order valence-electron chi connectivity index (χ0n) is 26.3. The van der Waals surface area contributed by atoms with Gasteiger partial charge in [-0.05, 0) is 42.5 Å². The maximum atomic E-state index is 12.4. The number of hydrogen-bond acceptors (Lipinski definition) is 11. The van der Waals surface area contributed by atoms with E-state index in [4.69, 9.17) is 33.2 Å². The summed E-state index contributed by atoms with van der Waals surface area (Å²) in [5.41, 5.74) is -0.174. The van der Waals surface area contributed by atoms with Crippen molar-refractivity contribution >= 4 is 5.97 Å². The highest BCUT2D eigenvalue weighted by Crippen LogP contribution is 2.53. The van der Waals surface area contributed by atoms with Crippen LogP contribution in [0.15, 0.2) is 24.3 Å². The lowest BCUT2D eigenvalue weighted by Gasteiger charge is -2.36. The molecule has 0 N–H and O–H groups in total. The molecule has 2 aromatic rings. The Labute approximate surface area is 252 Å². The number of methoxy groups -OCH3 is 6. The van der Waals surface area contributed by atoms with Crippen LogP contribution in [0.1, 0.15) is 51.2 Å². The molecule has 0 spiro atoms. The van der Waals surface area contributed by atoms with Crippen molar-refractivity contribution in [2.24, 2.45) is 5.92 Å². The Bertz CT molecular complexity index is 1310. The Kier molecular flexibility index (Phi) is 12.7. The lowest BCUT2D eigenvalue weighted by Crippen LogP contribution is -2.41. The normalized spacial score (nSPS) is 14.2. The first-order valence-corrected chi connectivity index (χ1v) is 13.8. The van der Waals surface area contributed by atoms with E-state index in [1.165, 1.54) is 49.6 Å². The van der Waals surface area contributed by atoms with Crippen LogP contribution in [0, 0.1) is 27.4 Å². The summed E-state index contributed by atoms with van der Waals surface area (Å²) in [7, 11) is 8.81. The Hall–Kier alpha value is -4.40. The first kappa shape index (κ1) is 34.8. The second-order valence-corrected chi connectivity index (χ2v) is 10.1. The number of ether oxygens (including phenoxy) is 7. The Morgan fingerprint density at radius 1 is 0.930 bits per heavy atom. The quantitative estimate of drug-likeness (QED) is 0.134. The molecule has 0 aliphatic heterocycles. The smallest absolute Gasteiger partial charge is 0.303 e. The van der Waals surface area contributed by atoms with E-state index in [9.17, 15) is 20.2 Å². The maximum Gasteiger partial charge on any atom is 0.303 e. The highest BCUT2D eigenvalue weighted by atomic mass is 16.6. The van der Waals surface area contributed by atoms with Crippen LogP contribution in [0.3, 0.4) is 0 Å². The number of nitriles is 1. The average Bonchev–Trinajstić information content (AvgIpc) is 3.01. The zero-order chi connectivity index (χ0) is 32.3. The fraction of sp³-hybridized carbons (Fsp3) is 0.548. The molecule has 0 bridgehead atoms. The minimum Gasteiger partial charge on any atom is -0.493 e. The number of esters is 1. The third-order valence-corrected chi connectivity index (χ3v) is 7.86. The molecule has 0 radical (unpaired) electrons. The van der Waals surface area contributed by atoms with E-state index >= 15 is 0 Å². The van der Waals surface area contributed by atoms with Crippen LogP contribution >= 0.6 is 0 Å². The van der Waals surface area contributed by atoms with Gasteiger partial charge in [0.25, 0.3) is 6.04 Å². The van der Waals surface area contributed by atoms with Crippen LogP contribution in [0.5, 0.6) is 34.5 Å². The molecule has 2 rings (SSSR count). The summed E-state index contributed by atoms with van der Waals surface area (Å²) in [6.45, 7) is 5.07. The van der Waals surface area contributed by atoms with Crippen LogP contribution < -0.4 is 28.4 Å². The molecular formula is C31H42N2O10. The predicted octanol–water partition coefficient (Wildman–Crippen LogP) is 5.15. The molecule has 0 saturated carbocycles. The molecule has 0 aliphatic carbocycles. The minimum atomic E-state index is -1.31. The third kappa shape index (κ3) is 7.52. The van der Waals surface area contributed by atoms with Crippen LogP contribution in [0.4, 0.5) is 0 Å². The SMILES string of the molecule is CCC(C)C(C#N)(CCC(OC(C)=O)C(Cc1ccc(OC)c(OC)c1)[N+](=O)[O-])c1cc(OC)c(OC)c(OC)c1OC. The van der Waals surface area contributed by atoms with Gasteiger partial charge < -0.3 is 33.2 Å². The van der Waals surface area contributed by atoms with Gasteiger partial charge in [0.1, 0.15) is 0 Å². The van der Waals surface area contributed by atoms with Crippen LogP contribution in [-0.2, 0) is 21.4 Å². The van der Waals surface area contributed by atoms with Crippen LogP contribution in [0.2, 0.25) is 0 Å². The van der Waals surface area contributed by atoms with Gasteiger partial charge in [0.2, 0.25) is 11.5 Å². The second-order valence-electron chi connectivity index (χ2n) is 10.1. The predicted molar refractivity (Wildman–Crippen MR) is 158 cm³/mol. The molecule has 0 heterocycles. The summed E-state index contributed by atoms with van der Waals surface area (Å²) < 4.78 is 38.7. The molecule has 0 aliphatic rings. The summed E-state index contributed by atoms with van der Waals surface area (Å²) in [4.78, 5) is 24.2. The molecule has 2 aromatic carbocycles. The fourth-order valence-electron chi connectivity index (χ4n) is 5.39. The minimum absolute atomic E-state index is 0.0101. The van der Waals surface area contributed by atoms with E-state index < -0.39 is 28.5 Å². The van der Waals surface area contributed by atoms with Gasteiger partial charge in [-0.15, -0.1) is 0 Å². The van der Waals surface area contributed by atoms with Crippen LogP contribution in [0.25, 0.3) is 0 Å². The van der Waals surface area contributed by atoms with Crippen molar-refractivity contribution in [2.75, 3.05) is 42.7 Å². The Morgan fingerprint density at radius 3 is 2.00 bits per heavy atom. The number of nitrogens with zero attached hydrogens (tertiary/aromatic N) is 2. The largest absolute Gasteiger partial charge is 0.493 e. The van der Waals surface area contributed by atoms with Crippen molar-refractivity contribution in [1.29, 1.82) is 5.26 Å². The van der Waals surface area contributed by atoms with E-state index in [0.717, 1.165) is 0 Å². The van der Waals surface area contributed by atoms with Gasteiger partial charge >= 0.3 is 5.97 Å². The fourth-order valence-corrected chi connectivity index (χ4v) is 5.39. The Balaban J connectivity index is 2.66. The lowest BCUT2D eigenvalue weighted by molar-refractivity contribution is -0.533. The summed E-state index contributed by atoms with van der Waals surface area (Å²) in [5, 5.41) is 23.2. The first-order valence-electron chi connectivity index (χ1n) is 13.8. The van der Waals surface area contributed by atoms with E-state index in [1.54, 1.807) is 24.3 Å².